The molecule has 0 aromatic heterocycles. The third-order valence-corrected chi connectivity index (χ3v) is 4.64. The minimum Gasteiger partial charge on any atom is -0.317 e. The first-order valence-corrected chi connectivity index (χ1v) is 7.33. The van der Waals surface area contributed by atoms with Crippen LogP contribution in [-0.2, 0) is 6.42 Å². The lowest BCUT2D eigenvalue weighted by Gasteiger charge is -2.36. The van der Waals surface area contributed by atoms with Crippen LogP contribution in [0.5, 0.6) is 0 Å². The van der Waals surface area contributed by atoms with E-state index in [2.05, 4.69) is 41.5 Å². The van der Waals surface area contributed by atoms with Gasteiger partial charge < -0.3 is 10.2 Å². The molecule has 1 aromatic carbocycles. The fraction of sp³-hybridized carbons (Fsp3) is 0.625. The standard InChI is InChI=1S/C16H24N2/c1-18(15-6-4-9-17-10-8-15)12-14-11-13-5-2-3-7-16(13)14/h2-3,5,7,14-15,17H,4,6,8-12H2,1H3. The Hall–Kier alpha value is -0.860. The van der Waals surface area contributed by atoms with Crippen LogP contribution in [0.4, 0.5) is 0 Å². The first-order chi connectivity index (χ1) is 8.84. The molecule has 1 N–H and O–H groups in total. The van der Waals surface area contributed by atoms with Gasteiger partial charge in [0.2, 0.25) is 0 Å². The Morgan fingerprint density at radius 3 is 3.00 bits per heavy atom. The largest absolute Gasteiger partial charge is 0.317 e. The van der Waals surface area contributed by atoms with E-state index in [4.69, 9.17) is 0 Å². The average molecular weight is 244 g/mol. The second-order valence-corrected chi connectivity index (χ2v) is 5.87. The topological polar surface area (TPSA) is 15.3 Å². The molecular weight excluding hydrogens is 220 g/mol. The van der Waals surface area contributed by atoms with Crippen molar-refractivity contribution in [2.75, 3.05) is 26.7 Å². The SMILES string of the molecule is CN(CC1Cc2ccccc21)C1CCCNCC1. The normalized spacial score (nSPS) is 27.4. The number of likely N-dealkylation sites (N-methyl/N-ethyl adjacent to an activating group) is 1. The molecule has 1 aliphatic carbocycles. The quantitative estimate of drug-likeness (QED) is 0.878. The van der Waals surface area contributed by atoms with E-state index in [9.17, 15) is 0 Å². The van der Waals surface area contributed by atoms with Crippen molar-refractivity contribution in [3.8, 4) is 0 Å². The van der Waals surface area contributed by atoms with E-state index in [1.807, 2.05) is 0 Å². The molecule has 0 bridgehead atoms. The van der Waals surface area contributed by atoms with Gasteiger partial charge in [-0.2, -0.15) is 0 Å². The lowest BCUT2D eigenvalue weighted by Crippen LogP contribution is -2.38. The van der Waals surface area contributed by atoms with Gasteiger partial charge in [-0.15, -0.1) is 0 Å². The second kappa shape index (κ2) is 5.41. The molecule has 1 aliphatic heterocycles. The van der Waals surface area contributed by atoms with E-state index < -0.39 is 0 Å². The van der Waals surface area contributed by atoms with Gasteiger partial charge in [-0.25, -0.2) is 0 Å². The highest BCUT2D eigenvalue weighted by molar-refractivity contribution is 5.40. The summed E-state index contributed by atoms with van der Waals surface area (Å²) in [6.07, 6.45) is 5.28. The van der Waals surface area contributed by atoms with Gasteiger partial charge >= 0.3 is 0 Å². The van der Waals surface area contributed by atoms with Gasteiger partial charge in [0.1, 0.15) is 0 Å². The highest BCUT2D eigenvalue weighted by atomic mass is 15.1. The first-order valence-electron chi connectivity index (χ1n) is 7.33. The summed E-state index contributed by atoms with van der Waals surface area (Å²) in [6.45, 7) is 3.63. The Balaban J connectivity index is 1.57. The Labute approximate surface area is 110 Å². The van der Waals surface area contributed by atoms with Crippen LogP contribution in [0.1, 0.15) is 36.3 Å². The third-order valence-electron chi connectivity index (χ3n) is 4.64. The summed E-state index contributed by atoms with van der Waals surface area (Å²) in [5.74, 6) is 0.780. The van der Waals surface area contributed by atoms with E-state index in [0.717, 1.165) is 12.0 Å². The fourth-order valence-electron chi connectivity index (χ4n) is 3.46. The summed E-state index contributed by atoms with van der Waals surface area (Å²) in [7, 11) is 2.32. The highest BCUT2D eigenvalue weighted by Gasteiger charge is 2.28. The van der Waals surface area contributed by atoms with Gasteiger partial charge in [0.25, 0.3) is 0 Å². The highest BCUT2D eigenvalue weighted by Crippen LogP contribution is 2.35. The van der Waals surface area contributed by atoms with Crippen LogP contribution in [0.15, 0.2) is 24.3 Å². The molecular formula is C16H24N2. The van der Waals surface area contributed by atoms with Gasteiger partial charge in [-0.05, 0) is 56.9 Å². The van der Waals surface area contributed by atoms with Crippen LogP contribution >= 0.6 is 0 Å². The Kier molecular flexibility index (Phi) is 3.67. The molecule has 1 heterocycles. The summed E-state index contributed by atoms with van der Waals surface area (Å²) in [5.41, 5.74) is 3.16. The zero-order valence-corrected chi connectivity index (χ0v) is 11.4. The lowest BCUT2D eigenvalue weighted by molar-refractivity contribution is 0.205. The molecule has 98 valence electrons. The van der Waals surface area contributed by atoms with Gasteiger partial charge in [0.15, 0.2) is 0 Å². The zero-order valence-electron chi connectivity index (χ0n) is 11.4. The number of hydrogen-bond donors (Lipinski definition) is 1. The maximum Gasteiger partial charge on any atom is 0.0105 e. The number of nitrogens with one attached hydrogen (secondary N) is 1. The number of benzene rings is 1. The average Bonchev–Trinajstić information content (AvgIpc) is 2.64. The molecule has 2 unspecified atom stereocenters. The Morgan fingerprint density at radius 1 is 1.22 bits per heavy atom. The molecule has 1 saturated heterocycles. The Bertz CT molecular complexity index is 394. The maximum atomic E-state index is 3.50. The van der Waals surface area contributed by atoms with Crippen molar-refractivity contribution < 1.29 is 0 Å². The van der Waals surface area contributed by atoms with E-state index >= 15 is 0 Å². The molecule has 18 heavy (non-hydrogen) atoms. The molecule has 0 spiro atoms. The molecule has 0 radical (unpaired) electrons. The molecule has 3 rings (SSSR count). The fourth-order valence-corrected chi connectivity index (χ4v) is 3.46. The van der Waals surface area contributed by atoms with Gasteiger partial charge in [-0.3, -0.25) is 0 Å². The Morgan fingerprint density at radius 2 is 2.11 bits per heavy atom. The molecule has 2 nitrogen and oxygen atoms in total. The predicted molar refractivity (Wildman–Crippen MR) is 76.0 cm³/mol. The van der Waals surface area contributed by atoms with E-state index in [-0.39, 0.29) is 0 Å². The molecule has 0 saturated carbocycles. The number of rotatable bonds is 3. The molecule has 1 fully saturated rings. The number of hydrogen-bond acceptors (Lipinski definition) is 2. The predicted octanol–water partition coefficient (Wildman–Crippen LogP) is 2.40. The van der Waals surface area contributed by atoms with Crippen LogP contribution in [0.2, 0.25) is 0 Å². The zero-order chi connectivity index (χ0) is 12.4. The van der Waals surface area contributed by atoms with Crippen LogP contribution in [0.3, 0.4) is 0 Å². The van der Waals surface area contributed by atoms with Crippen molar-refractivity contribution in [1.82, 2.24) is 10.2 Å². The molecule has 2 heteroatoms. The van der Waals surface area contributed by atoms with Crippen molar-refractivity contribution >= 4 is 0 Å². The van der Waals surface area contributed by atoms with Gasteiger partial charge in [0, 0.05) is 18.5 Å². The third kappa shape index (κ3) is 2.45. The minimum atomic E-state index is 0.780. The summed E-state index contributed by atoms with van der Waals surface area (Å²) in [4.78, 5) is 2.60. The van der Waals surface area contributed by atoms with Crippen LogP contribution in [0.25, 0.3) is 0 Å². The summed E-state index contributed by atoms with van der Waals surface area (Å²) in [5, 5.41) is 3.50. The summed E-state index contributed by atoms with van der Waals surface area (Å²) < 4.78 is 0. The van der Waals surface area contributed by atoms with Gasteiger partial charge in [-0.1, -0.05) is 24.3 Å². The van der Waals surface area contributed by atoms with E-state index in [0.29, 0.717) is 0 Å². The van der Waals surface area contributed by atoms with Crippen molar-refractivity contribution in [3.05, 3.63) is 35.4 Å². The van der Waals surface area contributed by atoms with Crippen molar-refractivity contribution in [2.45, 2.75) is 37.6 Å². The molecule has 0 amide bonds. The summed E-state index contributed by atoms with van der Waals surface area (Å²) in [6, 6.07) is 9.72. The lowest BCUT2D eigenvalue weighted by atomic mass is 9.77. The number of fused-ring (bicyclic) bond motifs is 1. The van der Waals surface area contributed by atoms with E-state index in [1.165, 1.54) is 45.3 Å². The van der Waals surface area contributed by atoms with Crippen molar-refractivity contribution in [1.29, 1.82) is 0 Å². The van der Waals surface area contributed by atoms with Crippen LogP contribution in [0, 0.1) is 0 Å². The van der Waals surface area contributed by atoms with Crippen molar-refractivity contribution in [3.63, 3.8) is 0 Å². The maximum absolute atomic E-state index is 3.50. The first kappa shape index (κ1) is 12.2. The molecule has 2 aliphatic rings. The van der Waals surface area contributed by atoms with Crippen LogP contribution < -0.4 is 5.32 Å². The minimum absolute atomic E-state index is 0.780. The molecule has 2 atom stereocenters. The molecule has 1 aromatic rings. The van der Waals surface area contributed by atoms with Crippen LogP contribution in [-0.4, -0.2) is 37.6 Å². The second-order valence-electron chi connectivity index (χ2n) is 5.87. The monoisotopic (exact) mass is 244 g/mol. The number of nitrogens with zero attached hydrogens (tertiary/aromatic N) is 1. The smallest absolute Gasteiger partial charge is 0.0105 e. The summed E-state index contributed by atoms with van der Waals surface area (Å²) >= 11 is 0. The van der Waals surface area contributed by atoms with Crippen molar-refractivity contribution in [2.24, 2.45) is 0 Å². The van der Waals surface area contributed by atoms with Gasteiger partial charge in [0.05, 0.1) is 0 Å². The van der Waals surface area contributed by atoms with E-state index in [1.54, 1.807) is 11.1 Å².